The summed E-state index contributed by atoms with van der Waals surface area (Å²) >= 11 is 1.39. The monoisotopic (exact) mass is 207 g/mol. The van der Waals surface area contributed by atoms with Gasteiger partial charge in [0.2, 0.25) is 0 Å². The third-order valence-corrected chi connectivity index (χ3v) is 2.22. The Labute approximate surface area is 80.9 Å². The number of nitrogen functional groups attached to an aromatic ring is 1. The van der Waals surface area contributed by atoms with Crippen LogP contribution in [0.1, 0.15) is 15.2 Å². The minimum atomic E-state index is -0.324. The summed E-state index contributed by atoms with van der Waals surface area (Å²) < 4.78 is 4.54. The molecule has 0 radical (unpaired) electrons. The zero-order valence-electron chi connectivity index (χ0n) is 6.79. The molecule has 0 bridgehead atoms. The highest BCUT2D eigenvalue weighted by molar-refractivity contribution is 7.16. The molecule has 5 heteroatoms. The number of nitrogens with two attached hydrogens (primary N) is 1. The lowest BCUT2D eigenvalue weighted by atomic mass is 10.3. The lowest BCUT2D eigenvalue weighted by molar-refractivity contribution is 0.0600. The third-order valence-electron chi connectivity index (χ3n) is 1.34. The van der Waals surface area contributed by atoms with Crippen LogP contribution < -0.4 is 5.73 Å². The summed E-state index contributed by atoms with van der Waals surface area (Å²) in [5.41, 5.74) is 6.05. The smallest absolute Gasteiger partial charge is 0.339 e. The molecule has 12 heavy (non-hydrogen) atoms. The van der Waals surface area contributed by atoms with Crippen molar-refractivity contribution in [3.63, 3.8) is 0 Å². The molecule has 1 aromatic heterocycles. The van der Waals surface area contributed by atoms with E-state index in [1.807, 2.05) is 6.92 Å². The SMILES string of the molecule is COC(=O)c1cc(N)sc1C.Cl. The van der Waals surface area contributed by atoms with E-state index in [-0.39, 0.29) is 18.4 Å². The normalized spacial score (nSPS) is 8.83. The summed E-state index contributed by atoms with van der Waals surface area (Å²) in [6.07, 6.45) is 0. The molecule has 0 unspecified atom stereocenters. The van der Waals surface area contributed by atoms with Crippen LogP contribution in [0.25, 0.3) is 0 Å². The van der Waals surface area contributed by atoms with Crippen LogP contribution in [0.15, 0.2) is 6.07 Å². The molecule has 0 aliphatic rings. The average Bonchev–Trinajstić information content (AvgIpc) is 2.28. The van der Waals surface area contributed by atoms with E-state index in [1.165, 1.54) is 18.4 Å². The summed E-state index contributed by atoms with van der Waals surface area (Å²) in [6.45, 7) is 1.84. The molecule has 0 aliphatic carbocycles. The molecule has 0 saturated carbocycles. The van der Waals surface area contributed by atoms with E-state index in [1.54, 1.807) is 6.07 Å². The van der Waals surface area contributed by atoms with Crippen LogP contribution in [0.3, 0.4) is 0 Å². The molecule has 3 nitrogen and oxygen atoms in total. The van der Waals surface area contributed by atoms with Crippen LogP contribution in [-0.2, 0) is 4.74 Å². The maximum Gasteiger partial charge on any atom is 0.339 e. The van der Waals surface area contributed by atoms with Gasteiger partial charge in [0.1, 0.15) is 0 Å². The summed E-state index contributed by atoms with van der Waals surface area (Å²) in [6, 6.07) is 1.63. The van der Waals surface area contributed by atoms with Crippen molar-refractivity contribution in [3.05, 3.63) is 16.5 Å². The Morgan fingerprint density at radius 1 is 1.67 bits per heavy atom. The lowest BCUT2D eigenvalue weighted by Gasteiger charge is -1.94. The predicted octanol–water partition coefficient (Wildman–Crippen LogP) is 1.85. The lowest BCUT2D eigenvalue weighted by Crippen LogP contribution is -2.00. The molecule has 2 N–H and O–H groups in total. The van der Waals surface area contributed by atoms with Crippen LogP contribution in [0.2, 0.25) is 0 Å². The first-order valence-corrected chi connectivity index (χ1v) is 3.91. The van der Waals surface area contributed by atoms with E-state index >= 15 is 0 Å². The molecule has 0 atom stereocenters. The number of ether oxygens (including phenoxy) is 1. The van der Waals surface area contributed by atoms with Crippen LogP contribution in [0, 0.1) is 6.92 Å². The van der Waals surface area contributed by atoms with Crippen molar-refractivity contribution in [2.24, 2.45) is 0 Å². The zero-order chi connectivity index (χ0) is 8.43. The number of hydrogen-bond donors (Lipinski definition) is 1. The summed E-state index contributed by atoms with van der Waals surface area (Å²) in [4.78, 5) is 11.9. The Bertz CT molecular complexity index is 285. The van der Waals surface area contributed by atoms with Gasteiger partial charge in [0.25, 0.3) is 0 Å². The first-order valence-electron chi connectivity index (χ1n) is 3.09. The van der Waals surface area contributed by atoms with Gasteiger partial charge in [0.05, 0.1) is 17.7 Å². The first-order chi connectivity index (χ1) is 5.15. The number of anilines is 1. The fraction of sp³-hybridized carbons (Fsp3) is 0.286. The Hall–Kier alpha value is -0.740. The minimum absolute atomic E-state index is 0. The molecule has 1 aromatic rings. The molecular weight excluding hydrogens is 198 g/mol. The summed E-state index contributed by atoms with van der Waals surface area (Å²) in [5, 5.41) is 0.642. The van der Waals surface area contributed by atoms with E-state index in [0.29, 0.717) is 10.6 Å². The maximum atomic E-state index is 11.0. The number of esters is 1. The highest BCUT2D eigenvalue weighted by Crippen LogP contribution is 2.23. The van der Waals surface area contributed by atoms with Crippen molar-refractivity contribution in [1.29, 1.82) is 0 Å². The van der Waals surface area contributed by atoms with Crippen molar-refractivity contribution in [2.75, 3.05) is 12.8 Å². The van der Waals surface area contributed by atoms with Gasteiger partial charge in [0.15, 0.2) is 0 Å². The number of carbonyl (C=O) groups is 1. The van der Waals surface area contributed by atoms with Gasteiger partial charge in [-0.2, -0.15) is 0 Å². The topological polar surface area (TPSA) is 52.3 Å². The molecule has 0 saturated heterocycles. The van der Waals surface area contributed by atoms with Gasteiger partial charge < -0.3 is 10.5 Å². The van der Waals surface area contributed by atoms with Gasteiger partial charge >= 0.3 is 5.97 Å². The minimum Gasteiger partial charge on any atom is -0.465 e. The van der Waals surface area contributed by atoms with Crippen molar-refractivity contribution in [1.82, 2.24) is 0 Å². The second-order valence-electron chi connectivity index (χ2n) is 2.11. The number of halogens is 1. The number of rotatable bonds is 1. The van der Waals surface area contributed by atoms with Crippen molar-refractivity contribution in [2.45, 2.75) is 6.92 Å². The highest BCUT2D eigenvalue weighted by atomic mass is 35.5. The standard InChI is InChI=1S/C7H9NO2S.ClH/c1-4-5(7(9)10-2)3-6(8)11-4;/h3H,8H2,1-2H3;1H. The van der Waals surface area contributed by atoms with Gasteiger partial charge in [-0.05, 0) is 13.0 Å². The molecule has 68 valence electrons. The first kappa shape index (κ1) is 11.3. The second kappa shape index (κ2) is 4.33. The Morgan fingerprint density at radius 3 is 2.58 bits per heavy atom. The highest BCUT2D eigenvalue weighted by Gasteiger charge is 2.11. The van der Waals surface area contributed by atoms with E-state index in [2.05, 4.69) is 4.74 Å². The number of aryl methyl sites for hydroxylation is 1. The quantitative estimate of drug-likeness (QED) is 0.716. The van der Waals surface area contributed by atoms with Crippen LogP contribution in [0.4, 0.5) is 5.00 Å². The number of methoxy groups -OCH3 is 1. The second-order valence-corrected chi connectivity index (χ2v) is 3.40. The van der Waals surface area contributed by atoms with Crippen molar-refractivity contribution < 1.29 is 9.53 Å². The molecule has 0 amide bonds. The van der Waals surface area contributed by atoms with E-state index in [9.17, 15) is 4.79 Å². The summed E-state index contributed by atoms with van der Waals surface area (Å²) in [7, 11) is 1.36. The van der Waals surface area contributed by atoms with E-state index in [0.717, 1.165) is 4.88 Å². The van der Waals surface area contributed by atoms with Crippen LogP contribution in [-0.4, -0.2) is 13.1 Å². The average molecular weight is 208 g/mol. The van der Waals surface area contributed by atoms with Gasteiger partial charge in [-0.3, -0.25) is 0 Å². The van der Waals surface area contributed by atoms with Crippen LogP contribution >= 0.6 is 23.7 Å². The number of thiophene rings is 1. The fourth-order valence-corrected chi connectivity index (χ4v) is 1.60. The maximum absolute atomic E-state index is 11.0. The number of hydrogen-bond acceptors (Lipinski definition) is 4. The molecule has 0 spiro atoms. The van der Waals surface area contributed by atoms with Gasteiger partial charge in [-0.1, -0.05) is 0 Å². The molecule has 0 aliphatic heterocycles. The van der Waals surface area contributed by atoms with Crippen molar-refractivity contribution in [3.8, 4) is 0 Å². The summed E-state index contributed by atoms with van der Waals surface area (Å²) in [5.74, 6) is -0.324. The van der Waals surface area contributed by atoms with Gasteiger partial charge in [0, 0.05) is 4.88 Å². The van der Waals surface area contributed by atoms with E-state index < -0.39 is 0 Å². The molecule has 0 aromatic carbocycles. The number of carbonyl (C=O) groups excluding carboxylic acids is 1. The van der Waals surface area contributed by atoms with E-state index in [4.69, 9.17) is 5.73 Å². The Balaban J connectivity index is 0.00000121. The van der Waals surface area contributed by atoms with Gasteiger partial charge in [-0.15, -0.1) is 23.7 Å². The van der Waals surface area contributed by atoms with Gasteiger partial charge in [-0.25, -0.2) is 4.79 Å². The van der Waals surface area contributed by atoms with Crippen molar-refractivity contribution >= 4 is 34.7 Å². The zero-order valence-corrected chi connectivity index (χ0v) is 8.42. The largest absolute Gasteiger partial charge is 0.465 e. The Morgan fingerprint density at radius 2 is 2.25 bits per heavy atom. The molecule has 0 fully saturated rings. The third kappa shape index (κ3) is 2.12. The van der Waals surface area contributed by atoms with Crippen LogP contribution in [0.5, 0.6) is 0 Å². The predicted molar refractivity (Wildman–Crippen MR) is 52.1 cm³/mol. The molecule has 1 heterocycles. The fourth-order valence-electron chi connectivity index (χ4n) is 0.818. The molecular formula is C7H10ClNO2S. The molecule has 1 rings (SSSR count). The Kier molecular flexibility index (Phi) is 4.06.